The fourth-order valence-corrected chi connectivity index (χ4v) is 6.40. The second kappa shape index (κ2) is 11.9. The number of nitrogens with two attached hydrogens (primary N) is 2. The highest BCUT2D eigenvalue weighted by molar-refractivity contribution is 9.10. The summed E-state index contributed by atoms with van der Waals surface area (Å²) in [5, 5.41) is 0.761. The summed E-state index contributed by atoms with van der Waals surface area (Å²) in [7, 11) is 0. The molecule has 0 radical (unpaired) electrons. The number of piperidine rings is 1. The molecule has 0 aliphatic carbocycles. The van der Waals surface area contributed by atoms with Gasteiger partial charge in [-0.3, -0.25) is 14.5 Å². The van der Waals surface area contributed by atoms with Crippen LogP contribution in [-0.2, 0) is 20.9 Å². The fourth-order valence-electron chi connectivity index (χ4n) is 4.89. The van der Waals surface area contributed by atoms with E-state index in [9.17, 15) is 9.59 Å². The number of fused-ring (bicyclic) bond motifs is 2. The van der Waals surface area contributed by atoms with E-state index in [-0.39, 0.29) is 6.79 Å². The predicted octanol–water partition coefficient (Wildman–Crippen LogP) is 3.00. The molecule has 3 aromatic rings. The summed E-state index contributed by atoms with van der Waals surface area (Å²) in [6.07, 6.45) is 4.98. The smallest absolute Gasteiger partial charge is 0.323 e. The number of ether oxygens (including phenoxy) is 3. The van der Waals surface area contributed by atoms with E-state index >= 15 is 0 Å². The number of esters is 1. The molecule has 1 fully saturated rings. The number of benzene rings is 1. The van der Waals surface area contributed by atoms with E-state index in [0.29, 0.717) is 53.8 Å². The Balaban J connectivity index is 1.26. The highest BCUT2D eigenvalue weighted by Crippen LogP contribution is 2.43. The van der Waals surface area contributed by atoms with Crippen LogP contribution in [0.3, 0.4) is 0 Å². The highest BCUT2D eigenvalue weighted by Gasteiger charge is 2.33. The minimum Gasteiger partial charge on any atom is -0.454 e. The molecule has 0 amide bonds. The van der Waals surface area contributed by atoms with Gasteiger partial charge in [0.05, 0.1) is 0 Å². The number of likely N-dealkylation sites (tertiary alicyclic amines) is 1. The number of nitrogens with zero attached hydrogens (tertiary/aromatic N) is 5. The molecular formula is C26H32BrN7O5S. The lowest BCUT2D eigenvalue weighted by molar-refractivity contribution is -0.164. The first-order valence-corrected chi connectivity index (χ1v) is 14.7. The molecule has 1 aromatic carbocycles. The molecule has 4 heterocycles. The Morgan fingerprint density at radius 2 is 2.02 bits per heavy atom. The molecular weight excluding hydrogens is 602 g/mol. The van der Waals surface area contributed by atoms with Crippen LogP contribution in [0.2, 0.25) is 0 Å². The number of carbonyl (C=O) groups is 2. The Morgan fingerprint density at radius 1 is 1.30 bits per heavy atom. The van der Waals surface area contributed by atoms with Crippen molar-refractivity contribution in [1.29, 1.82) is 0 Å². The Kier molecular flexibility index (Phi) is 8.50. The maximum absolute atomic E-state index is 12.0. The maximum Gasteiger partial charge on any atom is 0.323 e. The van der Waals surface area contributed by atoms with E-state index in [1.165, 1.54) is 18.1 Å². The van der Waals surface area contributed by atoms with Crippen LogP contribution in [0.5, 0.6) is 11.5 Å². The highest BCUT2D eigenvalue weighted by atomic mass is 79.9. The second-order valence-electron chi connectivity index (χ2n) is 10.4. The Hall–Kier alpha value is -2.94. The number of nitrogen functional groups attached to an aromatic ring is 1. The molecule has 2 aliphatic rings. The van der Waals surface area contributed by atoms with Crippen molar-refractivity contribution < 1.29 is 23.8 Å². The summed E-state index contributed by atoms with van der Waals surface area (Å²) in [6.45, 7) is 6.02. The van der Waals surface area contributed by atoms with E-state index in [1.807, 2.05) is 12.1 Å². The molecule has 0 spiro atoms. The number of carbonyl (C=O) groups excluding carboxylic acids is 2. The van der Waals surface area contributed by atoms with Crippen molar-refractivity contribution in [2.75, 3.05) is 32.2 Å². The van der Waals surface area contributed by atoms with Gasteiger partial charge in [0, 0.05) is 22.5 Å². The van der Waals surface area contributed by atoms with Gasteiger partial charge >= 0.3 is 5.97 Å². The number of imidazole rings is 1. The van der Waals surface area contributed by atoms with Crippen molar-refractivity contribution in [3.63, 3.8) is 0 Å². The van der Waals surface area contributed by atoms with Crippen LogP contribution in [-0.4, -0.2) is 74.7 Å². The standard InChI is InChI=1S/C26H32BrN7O5S/c1-15(28)24(36)39-26(2,12-35)11-33-6-3-16(4-7-33)5-8-34-23-21(22(29)30-13-31-23)32-25(34)40-20-10-19-18(9-17(20)27)37-14-38-19/h9-10,12-13,15-16H,3-8,11,14,28H2,1-2H3,(H2,29,30,31). The van der Waals surface area contributed by atoms with E-state index in [1.54, 1.807) is 13.8 Å². The average Bonchev–Trinajstić information content (AvgIpc) is 3.53. The van der Waals surface area contributed by atoms with Crippen LogP contribution in [0.15, 0.2) is 33.0 Å². The summed E-state index contributed by atoms with van der Waals surface area (Å²) in [6, 6.07) is 3.05. The number of aldehydes is 1. The van der Waals surface area contributed by atoms with Crippen molar-refractivity contribution in [2.45, 2.75) is 61.3 Å². The number of aryl methyl sites for hydroxylation is 1. The van der Waals surface area contributed by atoms with Crippen LogP contribution in [0.1, 0.15) is 33.1 Å². The summed E-state index contributed by atoms with van der Waals surface area (Å²) in [5.41, 5.74) is 11.8. The van der Waals surface area contributed by atoms with Gasteiger partial charge in [0.25, 0.3) is 0 Å². The summed E-state index contributed by atoms with van der Waals surface area (Å²) in [5.74, 6) is 1.62. The van der Waals surface area contributed by atoms with Gasteiger partial charge in [-0.2, -0.15) is 0 Å². The Labute approximate surface area is 244 Å². The first-order chi connectivity index (χ1) is 19.2. The lowest BCUT2D eigenvalue weighted by Gasteiger charge is -2.36. The summed E-state index contributed by atoms with van der Waals surface area (Å²) in [4.78, 5) is 40.2. The third-order valence-corrected chi connectivity index (χ3v) is 9.08. The number of halogens is 1. The van der Waals surface area contributed by atoms with Crippen LogP contribution in [0.4, 0.5) is 5.82 Å². The van der Waals surface area contributed by atoms with Gasteiger partial charge in [-0.25, -0.2) is 15.0 Å². The Bertz CT molecular complexity index is 1410. The molecule has 2 unspecified atom stereocenters. The number of aromatic nitrogens is 4. The zero-order valence-corrected chi connectivity index (χ0v) is 24.7. The van der Waals surface area contributed by atoms with Gasteiger partial charge < -0.3 is 30.2 Å². The molecule has 14 heteroatoms. The maximum atomic E-state index is 12.0. The molecule has 12 nitrogen and oxygen atoms in total. The van der Waals surface area contributed by atoms with E-state index < -0.39 is 17.6 Å². The van der Waals surface area contributed by atoms with Crippen LogP contribution in [0, 0.1) is 5.92 Å². The molecule has 1 saturated heterocycles. The molecule has 0 bridgehead atoms. The fraction of sp³-hybridized carbons (Fsp3) is 0.500. The molecule has 0 saturated carbocycles. The van der Waals surface area contributed by atoms with Crippen molar-refractivity contribution in [2.24, 2.45) is 11.7 Å². The van der Waals surface area contributed by atoms with Crippen LogP contribution >= 0.6 is 27.7 Å². The van der Waals surface area contributed by atoms with Gasteiger partial charge in [0.15, 0.2) is 45.5 Å². The molecule has 214 valence electrons. The van der Waals surface area contributed by atoms with Gasteiger partial charge in [0.2, 0.25) is 6.79 Å². The minimum absolute atomic E-state index is 0.200. The molecule has 2 atom stereocenters. The quantitative estimate of drug-likeness (QED) is 0.248. The van der Waals surface area contributed by atoms with Crippen LogP contribution in [0.25, 0.3) is 11.2 Å². The number of hydrogen-bond donors (Lipinski definition) is 2. The normalized spacial score (nSPS) is 18.0. The first-order valence-electron chi connectivity index (χ1n) is 13.1. The monoisotopic (exact) mass is 633 g/mol. The predicted molar refractivity (Wildman–Crippen MR) is 152 cm³/mol. The SMILES string of the molecule is CC(N)C(=O)OC(C)(C=O)CN1CCC(CCn2c(Sc3cc4c(cc3Br)OCO4)nc3c(N)ncnc32)CC1. The molecule has 2 aromatic heterocycles. The van der Waals surface area contributed by atoms with Gasteiger partial charge in [-0.1, -0.05) is 11.8 Å². The Morgan fingerprint density at radius 3 is 2.73 bits per heavy atom. The van der Waals surface area contributed by atoms with Gasteiger partial charge in [-0.05, 0) is 80.2 Å². The second-order valence-corrected chi connectivity index (χ2v) is 12.2. The van der Waals surface area contributed by atoms with Gasteiger partial charge in [-0.15, -0.1) is 0 Å². The van der Waals surface area contributed by atoms with E-state index in [0.717, 1.165) is 46.9 Å². The molecule has 40 heavy (non-hydrogen) atoms. The number of hydrogen-bond acceptors (Lipinski definition) is 12. The summed E-state index contributed by atoms with van der Waals surface area (Å²) < 4.78 is 19.4. The summed E-state index contributed by atoms with van der Waals surface area (Å²) >= 11 is 5.14. The topological polar surface area (TPSA) is 161 Å². The number of rotatable bonds is 10. The number of anilines is 1. The molecule has 5 rings (SSSR count). The average molecular weight is 635 g/mol. The van der Waals surface area contributed by atoms with Crippen molar-refractivity contribution in [1.82, 2.24) is 24.4 Å². The first kappa shape index (κ1) is 28.6. The third kappa shape index (κ3) is 6.19. The zero-order valence-electron chi connectivity index (χ0n) is 22.3. The molecule has 4 N–H and O–H groups in total. The zero-order chi connectivity index (χ0) is 28.4. The van der Waals surface area contributed by atoms with Crippen LogP contribution < -0.4 is 20.9 Å². The largest absolute Gasteiger partial charge is 0.454 e. The van der Waals surface area contributed by atoms with Crippen molar-refractivity contribution in [3.8, 4) is 11.5 Å². The van der Waals surface area contributed by atoms with E-state index in [4.69, 9.17) is 30.7 Å². The lowest BCUT2D eigenvalue weighted by atomic mass is 9.92. The minimum atomic E-state index is -1.22. The van der Waals surface area contributed by atoms with Gasteiger partial charge in [0.1, 0.15) is 12.4 Å². The lowest BCUT2D eigenvalue weighted by Crippen LogP contribution is -2.49. The molecule has 2 aliphatic heterocycles. The van der Waals surface area contributed by atoms with Crippen molar-refractivity contribution in [3.05, 3.63) is 22.9 Å². The third-order valence-electron chi connectivity index (χ3n) is 7.11. The van der Waals surface area contributed by atoms with E-state index in [2.05, 4.69) is 35.4 Å². The van der Waals surface area contributed by atoms with Crippen molar-refractivity contribution >= 4 is 56.9 Å².